The molecule has 6 nitrogen and oxygen atoms in total. The molecule has 0 bridgehead atoms. The van der Waals surface area contributed by atoms with Crippen molar-refractivity contribution in [2.75, 3.05) is 13.2 Å². The van der Waals surface area contributed by atoms with Gasteiger partial charge in [-0.2, -0.15) is 0 Å². The van der Waals surface area contributed by atoms with Gasteiger partial charge in [0.05, 0.1) is 12.6 Å². The highest BCUT2D eigenvalue weighted by molar-refractivity contribution is 5.93. The first-order valence-corrected chi connectivity index (χ1v) is 7.99. The fraction of sp³-hybridized carbons (Fsp3) is 0.278. The van der Waals surface area contributed by atoms with Gasteiger partial charge in [-0.05, 0) is 18.2 Å². The van der Waals surface area contributed by atoms with Gasteiger partial charge < -0.3 is 15.4 Å². The van der Waals surface area contributed by atoms with Crippen molar-refractivity contribution in [1.29, 1.82) is 0 Å². The molecular weight excluding hydrogens is 325 g/mol. The van der Waals surface area contributed by atoms with Crippen LogP contribution in [0, 0.1) is 5.82 Å². The first-order chi connectivity index (χ1) is 12.1. The van der Waals surface area contributed by atoms with Crippen molar-refractivity contribution in [2.45, 2.75) is 18.9 Å². The molecule has 1 atom stereocenters. The Bertz CT molecular complexity index is 797. The predicted octanol–water partition coefficient (Wildman–Crippen LogP) is 2.06. The Morgan fingerprint density at radius 3 is 2.84 bits per heavy atom. The molecule has 2 heterocycles. The van der Waals surface area contributed by atoms with Crippen molar-refractivity contribution >= 4 is 11.8 Å². The summed E-state index contributed by atoms with van der Waals surface area (Å²) in [5.41, 5.74) is 5.80. The molecule has 0 spiro atoms. The van der Waals surface area contributed by atoms with Gasteiger partial charge in [-0.15, -0.1) is 0 Å². The third-order valence-electron chi connectivity index (χ3n) is 4.12. The van der Waals surface area contributed by atoms with Crippen LogP contribution in [0.2, 0.25) is 0 Å². The van der Waals surface area contributed by atoms with Crippen LogP contribution in [-0.2, 0) is 4.79 Å². The second-order valence-corrected chi connectivity index (χ2v) is 5.74. The van der Waals surface area contributed by atoms with Crippen LogP contribution in [0.15, 0.2) is 42.6 Å². The minimum absolute atomic E-state index is 0.0142. The zero-order valence-corrected chi connectivity index (χ0v) is 13.5. The molecule has 2 N–H and O–H groups in total. The Morgan fingerprint density at radius 1 is 1.28 bits per heavy atom. The number of aromatic nitrogens is 1. The van der Waals surface area contributed by atoms with E-state index < -0.39 is 17.6 Å². The monoisotopic (exact) mass is 343 g/mol. The molecule has 1 aromatic heterocycles. The quantitative estimate of drug-likeness (QED) is 0.900. The standard InChI is InChI=1S/C18H18FN3O3/c19-13-5-3-9-21-17(13)18(24)22(10-7-16(20)23)14-8-11-25-15-6-2-1-4-12(14)15/h1-6,9,14H,7-8,10-11H2,(H2,20,23). The minimum atomic E-state index is -0.697. The molecule has 2 amide bonds. The molecule has 130 valence electrons. The van der Waals surface area contributed by atoms with E-state index in [0.717, 1.165) is 5.56 Å². The molecule has 0 saturated carbocycles. The van der Waals surface area contributed by atoms with E-state index >= 15 is 0 Å². The molecule has 0 saturated heterocycles. The third kappa shape index (κ3) is 3.60. The van der Waals surface area contributed by atoms with E-state index in [0.29, 0.717) is 18.8 Å². The fourth-order valence-corrected chi connectivity index (χ4v) is 2.96. The Labute approximate surface area is 144 Å². The number of hydrogen-bond donors (Lipinski definition) is 1. The molecule has 0 fully saturated rings. The number of nitrogens with two attached hydrogens (primary N) is 1. The van der Waals surface area contributed by atoms with Gasteiger partial charge in [-0.3, -0.25) is 9.59 Å². The molecule has 7 heteroatoms. The Balaban J connectivity index is 1.97. The smallest absolute Gasteiger partial charge is 0.276 e. The largest absolute Gasteiger partial charge is 0.493 e. The molecule has 25 heavy (non-hydrogen) atoms. The van der Waals surface area contributed by atoms with Crippen LogP contribution < -0.4 is 10.5 Å². The second-order valence-electron chi connectivity index (χ2n) is 5.74. The van der Waals surface area contributed by atoms with Gasteiger partial charge in [0.25, 0.3) is 5.91 Å². The maximum absolute atomic E-state index is 14.0. The van der Waals surface area contributed by atoms with Gasteiger partial charge >= 0.3 is 0 Å². The van der Waals surface area contributed by atoms with Gasteiger partial charge in [0, 0.05) is 31.1 Å². The highest BCUT2D eigenvalue weighted by Gasteiger charge is 2.32. The van der Waals surface area contributed by atoms with Gasteiger partial charge in [-0.25, -0.2) is 9.37 Å². The van der Waals surface area contributed by atoms with E-state index in [4.69, 9.17) is 10.5 Å². The Hall–Kier alpha value is -2.96. The van der Waals surface area contributed by atoms with Crippen LogP contribution in [0.25, 0.3) is 0 Å². The molecule has 1 unspecified atom stereocenters. The SMILES string of the molecule is NC(=O)CCN(C(=O)c1ncccc1F)C1CCOc2ccccc21. The van der Waals surface area contributed by atoms with Crippen molar-refractivity contribution in [1.82, 2.24) is 9.88 Å². The Kier molecular flexibility index (Phi) is 4.92. The van der Waals surface area contributed by atoms with Crippen LogP contribution in [0.3, 0.4) is 0 Å². The van der Waals surface area contributed by atoms with Crippen molar-refractivity contribution < 1.29 is 18.7 Å². The third-order valence-corrected chi connectivity index (χ3v) is 4.12. The Morgan fingerprint density at radius 2 is 2.08 bits per heavy atom. The van der Waals surface area contributed by atoms with E-state index in [9.17, 15) is 14.0 Å². The van der Waals surface area contributed by atoms with E-state index in [1.54, 1.807) is 0 Å². The van der Waals surface area contributed by atoms with Crippen LogP contribution in [-0.4, -0.2) is 34.8 Å². The topological polar surface area (TPSA) is 85.5 Å². The average molecular weight is 343 g/mol. The first-order valence-electron chi connectivity index (χ1n) is 7.99. The molecule has 0 aliphatic carbocycles. The van der Waals surface area contributed by atoms with Crippen LogP contribution >= 0.6 is 0 Å². The van der Waals surface area contributed by atoms with E-state index in [2.05, 4.69) is 4.98 Å². The summed E-state index contributed by atoms with van der Waals surface area (Å²) in [4.78, 5) is 29.5. The number of primary amides is 1. The molecule has 3 rings (SSSR count). The lowest BCUT2D eigenvalue weighted by atomic mass is 9.98. The number of hydrogen-bond acceptors (Lipinski definition) is 4. The number of fused-ring (bicyclic) bond motifs is 1. The van der Waals surface area contributed by atoms with Crippen LogP contribution in [0.5, 0.6) is 5.75 Å². The van der Waals surface area contributed by atoms with Gasteiger partial charge in [0.2, 0.25) is 5.91 Å². The number of benzene rings is 1. The van der Waals surface area contributed by atoms with Crippen molar-refractivity contribution in [2.24, 2.45) is 5.73 Å². The lowest BCUT2D eigenvalue weighted by Gasteiger charge is -2.35. The second kappa shape index (κ2) is 7.29. The molecule has 0 radical (unpaired) electrons. The number of rotatable bonds is 5. The van der Waals surface area contributed by atoms with Crippen molar-refractivity contribution in [3.63, 3.8) is 0 Å². The lowest BCUT2D eigenvalue weighted by molar-refractivity contribution is -0.118. The predicted molar refractivity (Wildman–Crippen MR) is 88.3 cm³/mol. The number of nitrogens with zero attached hydrogens (tertiary/aromatic N) is 2. The zero-order chi connectivity index (χ0) is 17.8. The molecule has 1 aliphatic heterocycles. The summed E-state index contributed by atoms with van der Waals surface area (Å²) in [6.07, 6.45) is 1.89. The summed E-state index contributed by atoms with van der Waals surface area (Å²) in [6.45, 7) is 0.510. The summed E-state index contributed by atoms with van der Waals surface area (Å²) in [5, 5.41) is 0. The van der Waals surface area contributed by atoms with Crippen LogP contribution in [0.4, 0.5) is 4.39 Å². The lowest BCUT2D eigenvalue weighted by Crippen LogP contribution is -2.40. The summed E-state index contributed by atoms with van der Waals surface area (Å²) < 4.78 is 19.7. The maximum Gasteiger partial charge on any atom is 0.276 e. The average Bonchev–Trinajstić information content (AvgIpc) is 2.62. The number of para-hydroxylation sites is 1. The number of carbonyl (C=O) groups excluding carboxylic acids is 2. The maximum atomic E-state index is 14.0. The fourth-order valence-electron chi connectivity index (χ4n) is 2.96. The summed E-state index contributed by atoms with van der Waals surface area (Å²) in [6, 6.07) is 9.64. The minimum Gasteiger partial charge on any atom is -0.493 e. The highest BCUT2D eigenvalue weighted by Crippen LogP contribution is 2.36. The molecule has 2 aromatic rings. The molecule has 1 aliphatic rings. The zero-order valence-electron chi connectivity index (χ0n) is 13.5. The van der Waals surface area contributed by atoms with E-state index in [-0.39, 0.29) is 24.7 Å². The van der Waals surface area contributed by atoms with Crippen LogP contribution in [0.1, 0.15) is 34.9 Å². The summed E-state index contributed by atoms with van der Waals surface area (Å²) in [7, 11) is 0. The first kappa shape index (κ1) is 16.9. The van der Waals surface area contributed by atoms with E-state index in [1.807, 2.05) is 24.3 Å². The van der Waals surface area contributed by atoms with E-state index in [1.165, 1.54) is 23.2 Å². The molecule has 1 aromatic carbocycles. The summed E-state index contributed by atoms with van der Waals surface area (Å²) >= 11 is 0. The van der Waals surface area contributed by atoms with Crippen molar-refractivity contribution in [3.8, 4) is 5.75 Å². The molecular formula is C18H18FN3O3. The number of ether oxygens (including phenoxy) is 1. The van der Waals surface area contributed by atoms with Gasteiger partial charge in [-0.1, -0.05) is 18.2 Å². The van der Waals surface area contributed by atoms with Crippen molar-refractivity contribution in [3.05, 3.63) is 59.7 Å². The number of amides is 2. The number of carbonyl (C=O) groups is 2. The number of halogens is 1. The number of pyridine rings is 1. The van der Waals surface area contributed by atoms with Gasteiger partial charge in [0.1, 0.15) is 5.75 Å². The normalized spacial score (nSPS) is 15.8. The summed E-state index contributed by atoms with van der Waals surface area (Å²) in [5.74, 6) is -1.12. The van der Waals surface area contributed by atoms with Gasteiger partial charge in [0.15, 0.2) is 11.5 Å². The highest BCUT2D eigenvalue weighted by atomic mass is 19.1.